The minimum Gasteiger partial charge on any atom is -0.454 e. The number of ether oxygens (including phenoxy) is 2. The van der Waals surface area contributed by atoms with Gasteiger partial charge in [-0.15, -0.1) is 0 Å². The first kappa shape index (κ1) is 14.6. The van der Waals surface area contributed by atoms with Crippen LogP contribution in [0.5, 0.6) is 11.5 Å². The van der Waals surface area contributed by atoms with Crippen molar-refractivity contribution in [3.8, 4) is 11.5 Å². The molecular weight excluding hydrogens is 332 g/mol. The predicted octanol–water partition coefficient (Wildman–Crippen LogP) is 2.53. The third-order valence-corrected chi connectivity index (χ3v) is 3.90. The Kier molecular flexibility index (Phi) is 3.39. The second-order valence-electron chi connectivity index (χ2n) is 5.23. The molecule has 0 unspecified atom stereocenters. The highest BCUT2D eigenvalue weighted by Crippen LogP contribution is 2.33. The number of halogens is 1. The van der Waals surface area contributed by atoms with Crippen LogP contribution in [0.15, 0.2) is 48.0 Å². The topological polar surface area (TPSA) is 67.9 Å². The fraction of sp³-hybridized carbons (Fsp3) is 0.0588. The van der Waals surface area contributed by atoms with Crippen LogP contribution in [-0.2, 0) is 9.59 Å². The first-order chi connectivity index (χ1) is 11.6. The normalized spacial score (nSPS) is 17.5. The summed E-state index contributed by atoms with van der Waals surface area (Å²) < 4.78 is 10.5. The summed E-state index contributed by atoms with van der Waals surface area (Å²) in [5, 5.41) is 1.65. The van der Waals surface area contributed by atoms with Gasteiger partial charge in [-0.3, -0.25) is 15.0 Å². The molecule has 1 fully saturated rings. The van der Waals surface area contributed by atoms with E-state index in [1.54, 1.807) is 42.5 Å². The lowest BCUT2D eigenvalue weighted by Crippen LogP contribution is -2.35. The predicted molar refractivity (Wildman–Crippen MR) is 87.6 cm³/mol. The molecule has 24 heavy (non-hydrogen) atoms. The van der Waals surface area contributed by atoms with Crippen molar-refractivity contribution in [3.05, 3.63) is 58.6 Å². The van der Waals surface area contributed by atoms with E-state index in [1.165, 1.54) is 11.1 Å². The van der Waals surface area contributed by atoms with Crippen molar-refractivity contribution in [1.29, 1.82) is 0 Å². The van der Waals surface area contributed by atoms with Gasteiger partial charge in [0, 0.05) is 5.02 Å². The molecule has 2 aromatic carbocycles. The quantitative estimate of drug-likeness (QED) is 0.672. The number of anilines is 1. The highest BCUT2D eigenvalue weighted by molar-refractivity contribution is 6.33. The summed E-state index contributed by atoms with van der Waals surface area (Å²) in [7, 11) is 0. The van der Waals surface area contributed by atoms with E-state index in [-0.39, 0.29) is 12.4 Å². The second-order valence-corrected chi connectivity index (χ2v) is 5.67. The van der Waals surface area contributed by atoms with E-state index >= 15 is 0 Å². The number of carbonyl (C=O) groups excluding carboxylic acids is 2. The molecule has 4 rings (SSSR count). The summed E-state index contributed by atoms with van der Waals surface area (Å²) in [6.45, 7) is 0.164. The largest absolute Gasteiger partial charge is 0.454 e. The van der Waals surface area contributed by atoms with Crippen molar-refractivity contribution in [1.82, 2.24) is 5.43 Å². The molecule has 1 N–H and O–H groups in total. The van der Waals surface area contributed by atoms with Crippen molar-refractivity contribution < 1.29 is 19.1 Å². The fourth-order valence-electron chi connectivity index (χ4n) is 2.52. The average Bonchev–Trinajstić information content (AvgIpc) is 3.14. The Balaban J connectivity index is 1.66. The second kappa shape index (κ2) is 5.58. The zero-order valence-corrected chi connectivity index (χ0v) is 13.0. The SMILES string of the molecule is O=C1NN(c2cccc(Cl)c2)C(=O)C1=Cc1ccc2c(c1)OCO2. The van der Waals surface area contributed by atoms with Crippen LogP contribution in [0.25, 0.3) is 6.08 Å². The number of hydrazine groups is 1. The maximum atomic E-state index is 12.5. The highest BCUT2D eigenvalue weighted by Gasteiger charge is 2.34. The molecule has 1 saturated heterocycles. The molecule has 0 aliphatic carbocycles. The summed E-state index contributed by atoms with van der Waals surface area (Å²) in [5.41, 5.74) is 3.74. The zero-order chi connectivity index (χ0) is 16.7. The molecule has 2 aliphatic heterocycles. The van der Waals surface area contributed by atoms with Gasteiger partial charge in [-0.2, -0.15) is 0 Å². The van der Waals surface area contributed by atoms with E-state index in [4.69, 9.17) is 21.1 Å². The van der Waals surface area contributed by atoms with Crippen LogP contribution in [0.3, 0.4) is 0 Å². The van der Waals surface area contributed by atoms with Gasteiger partial charge in [-0.05, 0) is 42.0 Å². The Morgan fingerprint density at radius 2 is 1.92 bits per heavy atom. The molecule has 2 aliphatic rings. The Morgan fingerprint density at radius 3 is 2.75 bits per heavy atom. The number of hydrogen-bond acceptors (Lipinski definition) is 4. The number of hydrogen-bond donors (Lipinski definition) is 1. The third kappa shape index (κ3) is 2.47. The first-order valence-electron chi connectivity index (χ1n) is 7.14. The van der Waals surface area contributed by atoms with E-state index in [1.807, 2.05) is 0 Å². The standard InChI is InChI=1S/C17H11ClN2O4/c18-11-2-1-3-12(8-11)20-17(22)13(16(21)19-20)6-10-4-5-14-15(7-10)24-9-23-14/h1-8H,9H2,(H,19,21). The molecule has 2 aromatic rings. The van der Waals surface area contributed by atoms with Gasteiger partial charge in [0.1, 0.15) is 5.57 Å². The molecule has 7 heteroatoms. The summed E-state index contributed by atoms with van der Waals surface area (Å²) in [6.07, 6.45) is 1.52. The summed E-state index contributed by atoms with van der Waals surface area (Å²) in [4.78, 5) is 24.7. The minimum absolute atomic E-state index is 0.0360. The lowest BCUT2D eigenvalue weighted by atomic mass is 10.1. The molecule has 2 heterocycles. The number of rotatable bonds is 2. The van der Waals surface area contributed by atoms with Gasteiger partial charge in [0.15, 0.2) is 11.5 Å². The highest BCUT2D eigenvalue weighted by atomic mass is 35.5. The van der Waals surface area contributed by atoms with Crippen LogP contribution < -0.4 is 19.9 Å². The number of fused-ring (bicyclic) bond motifs is 1. The fourth-order valence-corrected chi connectivity index (χ4v) is 2.71. The molecule has 0 bridgehead atoms. The molecule has 0 atom stereocenters. The Labute approximate surface area is 142 Å². The molecule has 0 radical (unpaired) electrons. The average molecular weight is 343 g/mol. The Bertz CT molecular complexity index is 894. The van der Waals surface area contributed by atoms with E-state index in [2.05, 4.69) is 5.43 Å². The minimum atomic E-state index is -0.474. The van der Waals surface area contributed by atoms with Gasteiger partial charge >= 0.3 is 0 Å². The van der Waals surface area contributed by atoms with Crippen LogP contribution in [0.2, 0.25) is 5.02 Å². The van der Waals surface area contributed by atoms with Gasteiger partial charge in [0.2, 0.25) is 6.79 Å². The monoisotopic (exact) mass is 342 g/mol. The number of nitrogens with one attached hydrogen (secondary N) is 1. The first-order valence-corrected chi connectivity index (χ1v) is 7.52. The van der Waals surface area contributed by atoms with Crippen molar-refractivity contribution >= 4 is 35.2 Å². The van der Waals surface area contributed by atoms with Crippen LogP contribution in [0.1, 0.15) is 5.56 Å². The van der Waals surface area contributed by atoms with Crippen LogP contribution in [-0.4, -0.2) is 18.6 Å². The lowest BCUT2D eigenvalue weighted by Gasteiger charge is -2.14. The van der Waals surface area contributed by atoms with Gasteiger partial charge in [0.05, 0.1) is 5.69 Å². The Morgan fingerprint density at radius 1 is 1.08 bits per heavy atom. The molecule has 0 spiro atoms. The Hall–Kier alpha value is -2.99. The molecule has 0 aromatic heterocycles. The number of amides is 2. The van der Waals surface area contributed by atoms with Gasteiger partial charge in [-0.1, -0.05) is 23.7 Å². The lowest BCUT2D eigenvalue weighted by molar-refractivity contribution is -0.117. The molecule has 6 nitrogen and oxygen atoms in total. The summed E-state index contributed by atoms with van der Waals surface area (Å²) in [5.74, 6) is 0.305. The van der Waals surface area contributed by atoms with Crippen LogP contribution in [0.4, 0.5) is 5.69 Å². The van der Waals surface area contributed by atoms with Gasteiger partial charge < -0.3 is 9.47 Å². The van der Waals surface area contributed by atoms with Crippen molar-refractivity contribution in [3.63, 3.8) is 0 Å². The van der Waals surface area contributed by atoms with Crippen molar-refractivity contribution in [2.45, 2.75) is 0 Å². The number of nitrogens with zero attached hydrogens (tertiary/aromatic N) is 1. The van der Waals surface area contributed by atoms with E-state index < -0.39 is 11.8 Å². The van der Waals surface area contributed by atoms with Gasteiger partial charge in [0.25, 0.3) is 11.8 Å². The van der Waals surface area contributed by atoms with E-state index in [9.17, 15) is 9.59 Å². The van der Waals surface area contributed by atoms with E-state index in [0.29, 0.717) is 27.8 Å². The summed E-state index contributed by atoms with van der Waals surface area (Å²) >= 11 is 5.94. The third-order valence-electron chi connectivity index (χ3n) is 3.67. The maximum absolute atomic E-state index is 12.5. The number of benzene rings is 2. The van der Waals surface area contributed by atoms with Crippen LogP contribution in [0, 0.1) is 0 Å². The van der Waals surface area contributed by atoms with E-state index in [0.717, 1.165) is 0 Å². The smallest absolute Gasteiger partial charge is 0.282 e. The van der Waals surface area contributed by atoms with Gasteiger partial charge in [-0.25, -0.2) is 5.01 Å². The van der Waals surface area contributed by atoms with Crippen molar-refractivity contribution in [2.75, 3.05) is 11.8 Å². The molecule has 120 valence electrons. The molecule has 2 amide bonds. The zero-order valence-electron chi connectivity index (χ0n) is 12.3. The molecular formula is C17H11ClN2O4. The summed E-state index contributed by atoms with van der Waals surface area (Å²) in [6, 6.07) is 11.9. The molecule has 0 saturated carbocycles. The number of carbonyl (C=O) groups is 2. The van der Waals surface area contributed by atoms with Crippen LogP contribution >= 0.6 is 11.6 Å². The van der Waals surface area contributed by atoms with Crippen molar-refractivity contribution in [2.24, 2.45) is 0 Å². The maximum Gasteiger partial charge on any atom is 0.282 e.